The first-order chi connectivity index (χ1) is 6.68. The van der Waals surface area contributed by atoms with E-state index in [2.05, 4.69) is 19.2 Å². The molecular formula is C11H15NOS. The number of hydrogen-bond acceptors (Lipinski definition) is 2. The van der Waals surface area contributed by atoms with Gasteiger partial charge in [0.25, 0.3) is 0 Å². The highest BCUT2D eigenvalue weighted by atomic mass is 32.1. The normalized spacial score (nSPS) is 11.1. The monoisotopic (exact) mass is 209 g/mol. The molecule has 0 aliphatic carbocycles. The zero-order chi connectivity index (χ0) is 10.4. The van der Waals surface area contributed by atoms with Crippen molar-refractivity contribution in [3.05, 3.63) is 28.5 Å². The highest BCUT2D eigenvalue weighted by Gasteiger charge is 1.96. The van der Waals surface area contributed by atoms with Gasteiger partial charge in [0.2, 0.25) is 5.91 Å². The maximum atomic E-state index is 11.2. The molecule has 1 aromatic heterocycles. The fourth-order valence-corrected chi connectivity index (χ4v) is 1.53. The number of thiophene rings is 1. The summed E-state index contributed by atoms with van der Waals surface area (Å²) in [5.74, 6) is 0.471. The molecule has 2 nitrogen and oxygen atoms in total. The van der Waals surface area contributed by atoms with Gasteiger partial charge in [-0.05, 0) is 34.4 Å². The lowest BCUT2D eigenvalue weighted by molar-refractivity contribution is -0.116. The van der Waals surface area contributed by atoms with E-state index in [9.17, 15) is 4.79 Å². The van der Waals surface area contributed by atoms with Gasteiger partial charge in [-0.25, -0.2) is 0 Å². The highest BCUT2D eigenvalue weighted by molar-refractivity contribution is 7.08. The van der Waals surface area contributed by atoms with Crippen molar-refractivity contribution >= 4 is 23.3 Å². The van der Waals surface area contributed by atoms with E-state index in [4.69, 9.17) is 0 Å². The fraction of sp³-hybridized carbons (Fsp3) is 0.364. The van der Waals surface area contributed by atoms with E-state index in [0.717, 1.165) is 12.1 Å². The summed E-state index contributed by atoms with van der Waals surface area (Å²) in [6.45, 7) is 4.87. The molecule has 0 aliphatic heterocycles. The van der Waals surface area contributed by atoms with Crippen LogP contribution in [0.3, 0.4) is 0 Å². The molecule has 0 radical (unpaired) electrons. The van der Waals surface area contributed by atoms with Crippen LogP contribution >= 0.6 is 11.3 Å². The molecule has 0 spiro atoms. The van der Waals surface area contributed by atoms with Gasteiger partial charge in [0, 0.05) is 12.6 Å². The number of nitrogens with one attached hydrogen (secondary N) is 1. The van der Waals surface area contributed by atoms with Crippen LogP contribution in [-0.4, -0.2) is 12.5 Å². The first kappa shape index (κ1) is 11.0. The van der Waals surface area contributed by atoms with Crippen molar-refractivity contribution in [1.82, 2.24) is 5.32 Å². The molecule has 14 heavy (non-hydrogen) atoms. The molecule has 0 atom stereocenters. The molecule has 1 aromatic rings. The molecule has 3 heteroatoms. The minimum absolute atomic E-state index is 0.0232. The van der Waals surface area contributed by atoms with Crippen molar-refractivity contribution in [1.29, 1.82) is 0 Å². The second-order valence-corrected chi connectivity index (χ2v) is 4.31. The number of amides is 1. The van der Waals surface area contributed by atoms with Crippen molar-refractivity contribution in [3.63, 3.8) is 0 Å². The van der Waals surface area contributed by atoms with Crippen LogP contribution in [0, 0.1) is 5.92 Å². The summed E-state index contributed by atoms with van der Waals surface area (Å²) in [6.07, 6.45) is 3.40. The summed E-state index contributed by atoms with van der Waals surface area (Å²) in [5.41, 5.74) is 1.08. The summed E-state index contributed by atoms with van der Waals surface area (Å²) in [5, 5.41) is 6.82. The smallest absolute Gasteiger partial charge is 0.244 e. The van der Waals surface area contributed by atoms with Gasteiger partial charge in [0.05, 0.1) is 0 Å². The Morgan fingerprint density at radius 2 is 2.43 bits per heavy atom. The standard InChI is InChI=1S/C11H15NOS/c1-9(2)7-12-11(13)4-3-10-5-6-14-8-10/h3-6,8-9H,7H2,1-2H3,(H,12,13)/b4-3+. The average Bonchev–Trinajstić information content (AvgIpc) is 2.63. The SMILES string of the molecule is CC(C)CNC(=O)/C=C/c1ccsc1. The van der Waals surface area contributed by atoms with Gasteiger partial charge < -0.3 is 5.32 Å². The molecule has 1 rings (SSSR count). The zero-order valence-corrected chi connectivity index (χ0v) is 9.30. The molecule has 0 unspecified atom stereocenters. The first-order valence-electron chi connectivity index (χ1n) is 4.66. The van der Waals surface area contributed by atoms with E-state index >= 15 is 0 Å². The summed E-state index contributed by atoms with van der Waals surface area (Å²) < 4.78 is 0. The van der Waals surface area contributed by atoms with Gasteiger partial charge in [-0.2, -0.15) is 11.3 Å². The fourth-order valence-electron chi connectivity index (χ4n) is 0.905. The molecule has 0 saturated carbocycles. The van der Waals surface area contributed by atoms with Crippen molar-refractivity contribution in [2.75, 3.05) is 6.54 Å². The minimum Gasteiger partial charge on any atom is -0.352 e. The Balaban J connectivity index is 2.34. The van der Waals surface area contributed by atoms with E-state index in [1.54, 1.807) is 17.4 Å². The summed E-state index contributed by atoms with van der Waals surface area (Å²) >= 11 is 1.63. The van der Waals surface area contributed by atoms with E-state index in [1.807, 2.05) is 22.9 Å². The van der Waals surface area contributed by atoms with E-state index in [1.165, 1.54) is 0 Å². The summed E-state index contributed by atoms with van der Waals surface area (Å²) in [7, 11) is 0. The summed E-state index contributed by atoms with van der Waals surface area (Å²) in [6, 6.07) is 1.98. The zero-order valence-electron chi connectivity index (χ0n) is 8.49. The van der Waals surface area contributed by atoms with Gasteiger partial charge in [-0.1, -0.05) is 13.8 Å². The van der Waals surface area contributed by atoms with Crippen LogP contribution in [-0.2, 0) is 4.79 Å². The molecule has 1 N–H and O–H groups in total. The maximum absolute atomic E-state index is 11.2. The predicted octanol–water partition coefficient (Wildman–Crippen LogP) is 2.53. The first-order valence-corrected chi connectivity index (χ1v) is 5.61. The van der Waals surface area contributed by atoms with Crippen LogP contribution in [0.2, 0.25) is 0 Å². The van der Waals surface area contributed by atoms with Gasteiger partial charge in [0.15, 0.2) is 0 Å². The Morgan fingerprint density at radius 3 is 3.00 bits per heavy atom. The van der Waals surface area contributed by atoms with Crippen LogP contribution < -0.4 is 5.32 Å². The Kier molecular flexibility index (Phi) is 4.40. The number of rotatable bonds is 4. The minimum atomic E-state index is -0.0232. The van der Waals surface area contributed by atoms with Gasteiger partial charge >= 0.3 is 0 Å². The number of hydrogen-bond donors (Lipinski definition) is 1. The number of carbonyl (C=O) groups excluding carboxylic acids is 1. The lowest BCUT2D eigenvalue weighted by Gasteiger charge is -2.03. The van der Waals surface area contributed by atoms with E-state index in [0.29, 0.717) is 5.92 Å². The molecular weight excluding hydrogens is 194 g/mol. The van der Waals surface area contributed by atoms with E-state index < -0.39 is 0 Å². The molecule has 1 amide bonds. The largest absolute Gasteiger partial charge is 0.352 e. The Labute approximate surface area is 88.6 Å². The Bertz CT molecular complexity index is 301. The molecule has 0 aliphatic rings. The van der Waals surface area contributed by atoms with Crippen LogP contribution in [0.5, 0.6) is 0 Å². The molecule has 0 saturated heterocycles. The Morgan fingerprint density at radius 1 is 1.64 bits per heavy atom. The van der Waals surface area contributed by atoms with Gasteiger partial charge in [-0.15, -0.1) is 0 Å². The van der Waals surface area contributed by atoms with Gasteiger partial charge in [0.1, 0.15) is 0 Å². The lowest BCUT2D eigenvalue weighted by Crippen LogP contribution is -2.25. The maximum Gasteiger partial charge on any atom is 0.244 e. The topological polar surface area (TPSA) is 29.1 Å². The van der Waals surface area contributed by atoms with Crippen molar-refractivity contribution in [3.8, 4) is 0 Å². The van der Waals surface area contributed by atoms with Gasteiger partial charge in [-0.3, -0.25) is 4.79 Å². The van der Waals surface area contributed by atoms with Crippen molar-refractivity contribution in [2.24, 2.45) is 5.92 Å². The second kappa shape index (κ2) is 5.60. The van der Waals surface area contributed by atoms with Crippen LogP contribution in [0.4, 0.5) is 0 Å². The molecule has 0 fully saturated rings. The molecule has 76 valence electrons. The third-order valence-corrected chi connectivity index (χ3v) is 2.36. The molecule has 0 bridgehead atoms. The van der Waals surface area contributed by atoms with Crippen LogP contribution in [0.25, 0.3) is 6.08 Å². The van der Waals surface area contributed by atoms with Crippen LogP contribution in [0.1, 0.15) is 19.4 Å². The molecule has 0 aromatic carbocycles. The third-order valence-electron chi connectivity index (χ3n) is 1.65. The quantitative estimate of drug-likeness (QED) is 0.759. The molecule has 1 heterocycles. The van der Waals surface area contributed by atoms with Crippen molar-refractivity contribution in [2.45, 2.75) is 13.8 Å². The third kappa shape index (κ3) is 4.23. The average molecular weight is 209 g/mol. The lowest BCUT2D eigenvalue weighted by atomic mass is 10.2. The van der Waals surface area contributed by atoms with Crippen molar-refractivity contribution < 1.29 is 4.79 Å². The van der Waals surface area contributed by atoms with Crippen LogP contribution in [0.15, 0.2) is 22.9 Å². The predicted molar refractivity (Wildman–Crippen MR) is 61.2 cm³/mol. The highest BCUT2D eigenvalue weighted by Crippen LogP contribution is 2.07. The Hall–Kier alpha value is -1.09. The second-order valence-electron chi connectivity index (χ2n) is 3.53. The van der Waals surface area contributed by atoms with E-state index in [-0.39, 0.29) is 5.91 Å². The summed E-state index contributed by atoms with van der Waals surface area (Å²) in [4.78, 5) is 11.2. The number of carbonyl (C=O) groups is 1.